The molecule has 4 fully saturated rings. The van der Waals surface area contributed by atoms with Crippen molar-refractivity contribution in [2.75, 3.05) is 11.9 Å². The van der Waals surface area contributed by atoms with E-state index in [2.05, 4.69) is 10.3 Å². The van der Waals surface area contributed by atoms with Gasteiger partial charge in [-0.3, -0.25) is 19.4 Å². The number of aliphatic hydroxyl groups is 2. The minimum Gasteiger partial charge on any atom is -0.454 e. The Bertz CT molecular complexity index is 2150. The average molecular weight is 725 g/mol. The minimum absolute atomic E-state index is 0.0740. The van der Waals surface area contributed by atoms with E-state index < -0.39 is 76.1 Å². The number of alkyl halides is 1. The first-order valence-electron chi connectivity index (χ1n) is 18.3. The Hall–Kier alpha value is -4.61. The molecule has 2 aromatic carbocycles. The molecule has 11 heteroatoms. The number of hydrogen-bond donors (Lipinski definition) is 3. The van der Waals surface area contributed by atoms with Crippen LogP contribution in [-0.2, 0) is 19.1 Å². The van der Waals surface area contributed by atoms with Gasteiger partial charge in [-0.1, -0.05) is 43.7 Å². The third-order valence-electron chi connectivity index (χ3n) is 13.7. The largest absolute Gasteiger partial charge is 0.454 e. The molecule has 53 heavy (non-hydrogen) atoms. The van der Waals surface area contributed by atoms with Crippen molar-refractivity contribution in [2.45, 2.75) is 76.2 Å². The predicted octanol–water partition coefficient (Wildman–Crippen LogP) is 6.19. The SMILES string of the molecule is C[C@@H]1C[C@H]2[C@@H]3CCC4=CC(=O)C=C[C@]4(C)[C@@]3(F)[C@@H](O)C[C@]2(C)[C@@]1(O)C(=O)COC(=O)c1cccc([C@@H]2C[C@H]2C(=O)Nc2ccc3cnccc3c2F)c1. The molecule has 3 N–H and O–H groups in total. The molecule has 1 amide bonds. The molecule has 0 bridgehead atoms. The van der Waals surface area contributed by atoms with Crippen molar-refractivity contribution in [1.29, 1.82) is 0 Å². The fraction of sp³-hybridized carbons (Fsp3) is 0.452. The first kappa shape index (κ1) is 35.4. The summed E-state index contributed by atoms with van der Waals surface area (Å²) >= 11 is 0. The zero-order valence-electron chi connectivity index (χ0n) is 29.8. The highest BCUT2D eigenvalue weighted by Gasteiger charge is 2.75. The number of hydrogen-bond acceptors (Lipinski definition) is 8. The van der Waals surface area contributed by atoms with Crippen LogP contribution < -0.4 is 5.32 Å². The first-order chi connectivity index (χ1) is 25.1. The number of fused-ring (bicyclic) bond motifs is 6. The summed E-state index contributed by atoms with van der Waals surface area (Å²) in [5.74, 6) is -4.94. The van der Waals surface area contributed by atoms with E-state index in [0.717, 1.165) is 5.56 Å². The van der Waals surface area contributed by atoms with Crippen molar-refractivity contribution < 1.29 is 42.9 Å². The molecule has 0 unspecified atom stereocenters. The number of aliphatic hydroxyl groups excluding tert-OH is 1. The summed E-state index contributed by atoms with van der Waals surface area (Å²) < 4.78 is 38.0. The Morgan fingerprint density at radius 2 is 1.89 bits per heavy atom. The molecule has 10 atom stereocenters. The molecule has 8 rings (SSSR count). The molecule has 276 valence electrons. The molecule has 0 radical (unpaired) electrons. The lowest BCUT2D eigenvalue weighted by Gasteiger charge is -2.62. The quantitative estimate of drug-likeness (QED) is 0.245. The van der Waals surface area contributed by atoms with Gasteiger partial charge in [0, 0.05) is 45.8 Å². The van der Waals surface area contributed by atoms with Crippen LogP contribution in [0.4, 0.5) is 14.5 Å². The molecule has 5 aliphatic rings. The zero-order valence-corrected chi connectivity index (χ0v) is 29.8. The van der Waals surface area contributed by atoms with Crippen LogP contribution in [0.5, 0.6) is 0 Å². The van der Waals surface area contributed by atoms with Gasteiger partial charge in [-0.05, 0) is 98.8 Å². The van der Waals surface area contributed by atoms with Gasteiger partial charge in [-0.2, -0.15) is 0 Å². The van der Waals surface area contributed by atoms with Gasteiger partial charge < -0.3 is 20.3 Å². The Morgan fingerprint density at radius 1 is 1.09 bits per heavy atom. The summed E-state index contributed by atoms with van der Waals surface area (Å²) in [6.45, 7) is 4.47. The van der Waals surface area contributed by atoms with E-state index >= 15 is 8.78 Å². The lowest BCUT2D eigenvalue weighted by atomic mass is 9.44. The number of allylic oxidation sites excluding steroid dienone is 4. The summed E-state index contributed by atoms with van der Waals surface area (Å²) in [6.07, 6.45) is 7.38. The Balaban J connectivity index is 0.938. The summed E-state index contributed by atoms with van der Waals surface area (Å²) in [7, 11) is 0. The second-order valence-electron chi connectivity index (χ2n) is 16.3. The van der Waals surface area contributed by atoms with Crippen LogP contribution in [-0.4, -0.2) is 62.6 Å². The predicted molar refractivity (Wildman–Crippen MR) is 191 cm³/mol. The van der Waals surface area contributed by atoms with E-state index in [9.17, 15) is 29.4 Å². The molecule has 0 spiro atoms. The van der Waals surface area contributed by atoms with Crippen molar-refractivity contribution in [3.63, 3.8) is 0 Å². The number of pyridine rings is 1. The first-order valence-corrected chi connectivity index (χ1v) is 18.3. The van der Waals surface area contributed by atoms with Crippen molar-refractivity contribution in [1.82, 2.24) is 4.98 Å². The molecule has 0 aliphatic heterocycles. The fourth-order valence-corrected chi connectivity index (χ4v) is 10.7. The third-order valence-corrected chi connectivity index (χ3v) is 13.7. The second kappa shape index (κ2) is 12.2. The number of benzene rings is 2. The molecular weight excluding hydrogens is 682 g/mol. The maximum Gasteiger partial charge on any atom is 0.338 e. The topological polar surface area (TPSA) is 143 Å². The number of nitrogens with zero attached hydrogens (tertiary/aromatic N) is 1. The van der Waals surface area contributed by atoms with Crippen LogP contribution in [0.1, 0.15) is 74.7 Å². The third kappa shape index (κ3) is 5.10. The zero-order chi connectivity index (χ0) is 37.7. The summed E-state index contributed by atoms with van der Waals surface area (Å²) in [5, 5.41) is 27.5. The number of ether oxygens (including phenoxy) is 1. The highest BCUT2D eigenvalue weighted by atomic mass is 19.1. The molecule has 4 saturated carbocycles. The van der Waals surface area contributed by atoms with Crippen LogP contribution in [0.15, 0.2) is 78.7 Å². The lowest BCUT2D eigenvalue weighted by Crippen LogP contribution is -2.69. The number of nitrogens with one attached hydrogen (secondary N) is 1. The number of ketones is 2. The highest BCUT2D eigenvalue weighted by molar-refractivity contribution is 6.01. The number of rotatable bonds is 7. The standard InChI is InChI=1S/C42H42F2N2O7/c1-22-15-32-31-9-8-26-17-27(47)11-13-39(26,2)41(31,44)34(48)19-40(32,3)42(22,52)35(49)21-53-38(51)24-6-4-5-23(16-24)29-18-30(29)37(50)46-33-10-7-25-20-45-14-12-28(25)36(33)43/h4-7,10-14,16-17,20,22,29-32,34,48,52H,8-9,15,18-19,21H2,1-3H3,(H,46,50)/t22-,29+,30-,31+,32+,34+,39+,40+,41+,42+/m1/s1. The smallest absolute Gasteiger partial charge is 0.338 e. The molecule has 5 aliphatic carbocycles. The van der Waals surface area contributed by atoms with E-state index in [1.54, 1.807) is 63.4 Å². The molecular formula is C42H42F2N2O7. The van der Waals surface area contributed by atoms with E-state index in [1.165, 1.54) is 30.5 Å². The number of amides is 1. The highest BCUT2D eigenvalue weighted by Crippen LogP contribution is 2.70. The maximum atomic E-state index is 17.5. The van der Waals surface area contributed by atoms with Crippen molar-refractivity contribution in [3.8, 4) is 0 Å². The normalized spacial score (nSPS) is 36.9. The van der Waals surface area contributed by atoms with Gasteiger partial charge >= 0.3 is 5.97 Å². The van der Waals surface area contributed by atoms with Gasteiger partial charge in [-0.25, -0.2) is 13.6 Å². The number of carbonyl (C=O) groups is 4. The van der Waals surface area contributed by atoms with E-state index in [-0.39, 0.29) is 35.3 Å². The maximum absolute atomic E-state index is 17.5. The van der Waals surface area contributed by atoms with E-state index in [1.807, 2.05) is 0 Å². The molecule has 9 nitrogen and oxygen atoms in total. The van der Waals surface area contributed by atoms with Crippen molar-refractivity contribution in [2.24, 2.45) is 34.5 Å². The number of Topliss-reactive ketones (excluding diaryl/α,β-unsaturated/α-hetero) is 1. The van der Waals surface area contributed by atoms with E-state index in [0.29, 0.717) is 42.0 Å². The molecule has 1 heterocycles. The fourth-order valence-electron chi connectivity index (χ4n) is 10.7. The average Bonchev–Trinajstić information content (AvgIpc) is 3.92. The van der Waals surface area contributed by atoms with Gasteiger partial charge in [0.1, 0.15) is 5.60 Å². The second-order valence-corrected chi connectivity index (χ2v) is 16.3. The minimum atomic E-state index is -2.10. The lowest BCUT2D eigenvalue weighted by molar-refractivity contribution is -0.219. The van der Waals surface area contributed by atoms with Crippen LogP contribution in [0, 0.1) is 40.3 Å². The van der Waals surface area contributed by atoms with E-state index in [4.69, 9.17) is 4.74 Å². The monoisotopic (exact) mass is 724 g/mol. The molecule has 0 saturated heterocycles. The molecule has 3 aromatic rings. The Morgan fingerprint density at radius 3 is 2.68 bits per heavy atom. The van der Waals surface area contributed by atoms with Crippen molar-refractivity contribution >= 4 is 39.9 Å². The number of anilines is 1. The number of carbonyl (C=O) groups excluding carboxylic acids is 4. The van der Waals surface area contributed by atoms with Crippen molar-refractivity contribution in [3.05, 3.63) is 95.6 Å². The van der Waals surface area contributed by atoms with Gasteiger partial charge in [-0.15, -0.1) is 0 Å². The van der Waals surface area contributed by atoms with Crippen LogP contribution >= 0.6 is 0 Å². The summed E-state index contributed by atoms with van der Waals surface area (Å²) in [4.78, 5) is 56.4. The van der Waals surface area contributed by atoms with Gasteiger partial charge in [0.25, 0.3) is 0 Å². The van der Waals surface area contributed by atoms with Crippen LogP contribution in [0.3, 0.4) is 0 Å². The Kier molecular flexibility index (Phi) is 8.16. The number of esters is 1. The molecule has 1 aromatic heterocycles. The van der Waals surface area contributed by atoms with Crippen LogP contribution in [0.2, 0.25) is 0 Å². The summed E-state index contributed by atoms with van der Waals surface area (Å²) in [6, 6.07) is 11.3. The van der Waals surface area contributed by atoms with Gasteiger partial charge in [0.05, 0.1) is 17.4 Å². The van der Waals surface area contributed by atoms with Gasteiger partial charge in [0.2, 0.25) is 11.7 Å². The van der Waals surface area contributed by atoms with Gasteiger partial charge in [0.15, 0.2) is 23.9 Å². The van der Waals surface area contributed by atoms with Crippen LogP contribution in [0.25, 0.3) is 10.8 Å². The Labute approximate surface area is 305 Å². The number of aromatic nitrogens is 1. The summed E-state index contributed by atoms with van der Waals surface area (Å²) in [5.41, 5.74) is -4.88. The number of halogens is 2.